The van der Waals surface area contributed by atoms with Crippen molar-refractivity contribution in [2.24, 2.45) is 0 Å². The third kappa shape index (κ3) is 8.50. The summed E-state index contributed by atoms with van der Waals surface area (Å²) < 4.78 is 0. The van der Waals surface area contributed by atoms with Crippen molar-refractivity contribution in [3.8, 4) is 11.4 Å². The summed E-state index contributed by atoms with van der Waals surface area (Å²) in [6, 6.07) is 11.2. The Labute approximate surface area is 173 Å². The number of amides is 2. The summed E-state index contributed by atoms with van der Waals surface area (Å²) in [7, 11) is 0. The molecule has 2 amide bonds. The van der Waals surface area contributed by atoms with Gasteiger partial charge in [0.15, 0.2) is 5.82 Å². The normalized spacial score (nSPS) is 10.2. The Morgan fingerprint density at radius 3 is 2.13 bits per heavy atom. The average molecular weight is 415 g/mol. The lowest BCUT2D eigenvalue weighted by molar-refractivity contribution is -0.478. The average Bonchev–Trinajstić information content (AvgIpc) is 2.73. The fourth-order valence-electron chi connectivity index (χ4n) is 2.45. The quantitative estimate of drug-likeness (QED) is 0.227. The number of anilines is 2. The molecular formula is C19H25N7O4. The fourth-order valence-corrected chi connectivity index (χ4v) is 2.45. The first kappa shape index (κ1) is 22.5. The zero-order valence-corrected chi connectivity index (χ0v) is 16.7. The molecule has 0 fully saturated rings. The minimum absolute atomic E-state index is 0.105. The molecule has 11 nitrogen and oxygen atoms in total. The van der Waals surface area contributed by atoms with E-state index >= 15 is 0 Å². The lowest BCUT2D eigenvalue weighted by atomic mass is 10.2. The Balaban J connectivity index is 1.97. The van der Waals surface area contributed by atoms with Gasteiger partial charge in [0.2, 0.25) is 18.4 Å². The number of nitro groups is 1. The second kappa shape index (κ2) is 11.9. The van der Waals surface area contributed by atoms with Crippen molar-refractivity contribution in [2.75, 3.05) is 43.4 Å². The zero-order chi connectivity index (χ0) is 21.8. The number of carbonyl (C=O) groups excluding carboxylic acids is 2. The first-order valence-corrected chi connectivity index (χ1v) is 9.49. The molecule has 0 atom stereocenters. The maximum atomic E-state index is 11.5. The number of nitrogens with one attached hydrogen (secondary N) is 4. The summed E-state index contributed by atoms with van der Waals surface area (Å²) in [5.41, 5.74) is 0.846. The molecule has 1 aromatic heterocycles. The highest BCUT2D eigenvalue weighted by Crippen LogP contribution is 2.19. The molecule has 0 saturated carbocycles. The van der Waals surface area contributed by atoms with Crippen LogP contribution in [0.5, 0.6) is 0 Å². The van der Waals surface area contributed by atoms with E-state index in [2.05, 4.69) is 31.2 Å². The van der Waals surface area contributed by atoms with Gasteiger partial charge in [-0.1, -0.05) is 30.3 Å². The summed E-state index contributed by atoms with van der Waals surface area (Å²) in [5, 5.41) is 21.9. The molecule has 2 aromatic rings. The lowest BCUT2D eigenvalue weighted by Crippen LogP contribution is -2.30. The molecular weight excluding hydrogens is 390 g/mol. The Hall–Kier alpha value is -3.76. The van der Waals surface area contributed by atoms with Gasteiger partial charge in [-0.2, -0.15) is 0 Å². The van der Waals surface area contributed by atoms with Crippen LogP contribution in [-0.4, -0.2) is 59.4 Å². The van der Waals surface area contributed by atoms with E-state index in [0.29, 0.717) is 43.6 Å². The molecule has 0 aliphatic heterocycles. The molecule has 0 unspecified atom stereocenters. The number of benzene rings is 1. The topological polar surface area (TPSA) is 151 Å². The highest BCUT2D eigenvalue weighted by molar-refractivity contribution is 5.76. The summed E-state index contributed by atoms with van der Waals surface area (Å²) in [6.45, 7) is 2.71. The van der Waals surface area contributed by atoms with Crippen LogP contribution in [0.25, 0.3) is 11.4 Å². The monoisotopic (exact) mass is 415 g/mol. The molecule has 0 aliphatic rings. The fraction of sp³-hybridized carbons (Fsp3) is 0.368. The minimum Gasteiger partial charge on any atom is -0.368 e. The Morgan fingerprint density at radius 1 is 0.967 bits per heavy atom. The van der Waals surface area contributed by atoms with E-state index in [4.69, 9.17) is 0 Å². The number of carbonyl (C=O) groups is 2. The van der Waals surface area contributed by atoms with Crippen molar-refractivity contribution < 1.29 is 14.5 Å². The molecule has 1 heterocycles. The van der Waals surface area contributed by atoms with Crippen LogP contribution in [0.4, 0.5) is 11.6 Å². The largest absolute Gasteiger partial charge is 0.368 e. The molecule has 0 bridgehead atoms. The molecule has 0 radical (unpaired) electrons. The molecule has 1 aromatic carbocycles. The highest BCUT2D eigenvalue weighted by Gasteiger charge is 2.08. The van der Waals surface area contributed by atoms with Crippen molar-refractivity contribution in [1.82, 2.24) is 20.6 Å². The number of rotatable bonds is 12. The Bertz CT molecular complexity index is 861. The predicted octanol–water partition coefficient (Wildman–Crippen LogP) is 0.887. The number of hydrogen-bond donors (Lipinski definition) is 4. The first-order chi connectivity index (χ1) is 14.4. The van der Waals surface area contributed by atoms with Gasteiger partial charge in [0.1, 0.15) is 11.6 Å². The maximum absolute atomic E-state index is 11.5. The van der Waals surface area contributed by atoms with E-state index in [9.17, 15) is 19.7 Å². The number of hydrogen-bond acceptors (Lipinski definition) is 8. The van der Waals surface area contributed by atoms with E-state index < -0.39 is 4.92 Å². The number of aromatic nitrogens is 2. The molecule has 0 spiro atoms. The molecule has 0 saturated heterocycles. The standard InChI is InChI=1S/C19H25N7O4/c1-14(27)20-8-9-21-16-13-17(22-10-11-23-18(28)7-12-26(29)30)25-19(24-16)15-5-3-2-4-6-15/h2-6,13H,7-12H2,1H3,(H,20,27)(H,23,28)(H2,21,22,24,25). The molecule has 4 N–H and O–H groups in total. The second-order valence-corrected chi connectivity index (χ2v) is 6.32. The van der Waals surface area contributed by atoms with Crippen LogP contribution in [0.1, 0.15) is 13.3 Å². The number of nitrogens with zero attached hydrogens (tertiary/aromatic N) is 3. The van der Waals surface area contributed by atoms with Crippen LogP contribution < -0.4 is 21.3 Å². The van der Waals surface area contributed by atoms with Gasteiger partial charge < -0.3 is 21.3 Å². The molecule has 11 heteroatoms. The lowest BCUT2D eigenvalue weighted by Gasteiger charge is -2.12. The van der Waals surface area contributed by atoms with Crippen LogP contribution in [0.3, 0.4) is 0 Å². The van der Waals surface area contributed by atoms with Gasteiger partial charge in [-0.3, -0.25) is 19.7 Å². The van der Waals surface area contributed by atoms with Gasteiger partial charge in [0, 0.05) is 49.7 Å². The first-order valence-electron chi connectivity index (χ1n) is 9.49. The Morgan fingerprint density at radius 2 is 1.57 bits per heavy atom. The van der Waals surface area contributed by atoms with E-state index in [-0.39, 0.29) is 24.8 Å². The van der Waals surface area contributed by atoms with E-state index in [0.717, 1.165) is 5.56 Å². The van der Waals surface area contributed by atoms with Crippen molar-refractivity contribution in [1.29, 1.82) is 0 Å². The SMILES string of the molecule is CC(=O)NCCNc1cc(NCCNC(=O)CC[N+](=O)[O-])nc(-c2ccccc2)n1. The van der Waals surface area contributed by atoms with Gasteiger partial charge in [-0.05, 0) is 0 Å². The summed E-state index contributed by atoms with van der Waals surface area (Å²) in [4.78, 5) is 41.3. The maximum Gasteiger partial charge on any atom is 0.226 e. The van der Waals surface area contributed by atoms with Crippen LogP contribution in [0.2, 0.25) is 0 Å². The third-order valence-corrected chi connectivity index (χ3v) is 3.84. The zero-order valence-electron chi connectivity index (χ0n) is 16.7. The molecule has 2 rings (SSSR count). The van der Waals surface area contributed by atoms with Gasteiger partial charge >= 0.3 is 0 Å². The van der Waals surface area contributed by atoms with Crippen LogP contribution in [-0.2, 0) is 9.59 Å². The highest BCUT2D eigenvalue weighted by atomic mass is 16.6. The molecule has 30 heavy (non-hydrogen) atoms. The van der Waals surface area contributed by atoms with Gasteiger partial charge in [0.05, 0.1) is 6.42 Å². The van der Waals surface area contributed by atoms with Crippen LogP contribution >= 0.6 is 0 Å². The third-order valence-electron chi connectivity index (χ3n) is 3.84. The van der Waals surface area contributed by atoms with Crippen molar-refractivity contribution >= 4 is 23.5 Å². The van der Waals surface area contributed by atoms with Gasteiger partial charge in [0.25, 0.3) is 0 Å². The smallest absolute Gasteiger partial charge is 0.226 e. The molecule has 0 aliphatic carbocycles. The second-order valence-electron chi connectivity index (χ2n) is 6.32. The summed E-state index contributed by atoms with van der Waals surface area (Å²) in [5.74, 6) is 1.20. The predicted molar refractivity (Wildman–Crippen MR) is 113 cm³/mol. The summed E-state index contributed by atoms with van der Waals surface area (Å²) in [6.07, 6.45) is -0.152. The van der Waals surface area contributed by atoms with E-state index in [1.54, 1.807) is 6.07 Å². The Kier molecular flexibility index (Phi) is 8.97. The van der Waals surface area contributed by atoms with E-state index in [1.165, 1.54) is 6.92 Å². The minimum atomic E-state index is -0.524. The van der Waals surface area contributed by atoms with Gasteiger partial charge in [-0.15, -0.1) is 0 Å². The van der Waals surface area contributed by atoms with E-state index in [1.807, 2.05) is 30.3 Å². The summed E-state index contributed by atoms with van der Waals surface area (Å²) >= 11 is 0. The van der Waals surface area contributed by atoms with Crippen LogP contribution in [0.15, 0.2) is 36.4 Å². The molecule has 160 valence electrons. The van der Waals surface area contributed by atoms with Crippen molar-refractivity contribution in [3.63, 3.8) is 0 Å². The van der Waals surface area contributed by atoms with Crippen LogP contribution in [0, 0.1) is 10.1 Å². The van der Waals surface area contributed by atoms with Gasteiger partial charge in [-0.25, -0.2) is 9.97 Å². The van der Waals surface area contributed by atoms with Crippen molar-refractivity contribution in [2.45, 2.75) is 13.3 Å². The van der Waals surface area contributed by atoms with Crippen molar-refractivity contribution in [3.05, 3.63) is 46.5 Å².